The molecule has 0 aromatic heterocycles. The van der Waals surface area contributed by atoms with Gasteiger partial charge in [-0.15, -0.1) is 11.8 Å². The van der Waals surface area contributed by atoms with E-state index in [1.165, 1.54) is 143 Å². The highest BCUT2D eigenvalue weighted by atomic mass is 32.2. The molecule has 0 N–H and O–H groups in total. The standard InChI is InChI=1S/C16H25N.C15H23NO.C15H23N.C14H21N.C13H19NO.C13H19NS.C13H19N.7C2H6/c1-13(2)17-15-11-6-5-9-14(15)10-7-8-12-16(17,3)4;1-12(2)16-13-8-5-6-9-14(13)17-11-7-10-15(16,3)4;1-12(2)16-14-10-6-5-8-13(14)9-7-11-15(16,3)4;1-11(2)15-13-8-6-5-7-12(13)9-10-14(15,3)4;2*1-10(2)14-11-7-5-6-8-12(11)15-9-13(14,3)4;1-10(2)14-12-8-6-5-7-11(12)9-13(14,3)4;7*1-2/h5-6,9,11,13H,7-8,10,12H2,1-4H3;5-6,8-9,12H,7,10-11H2,1-4H3;5-6,8,10,12H,7,9,11H2,1-4H3;5-8,11H,9-10H2,1-4H3;2*5-8,10H,9H2,1-4H3;5-8,10H,9H2,1-4H3;7*1-2H3. The average molecular weight is 1710 g/mol. The summed E-state index contributed by atoms with van der Waals surface area (Å²) >= 11 is 1.98. The summed E-state index contributed by atoms with van der Waals surface area (Å²) in [5.41, 5.74) is 17.3. The van der Waals surface area contributed by atoms with Gasteiger partial charge < -0.3 is 43.8 Å². The molecule has 7 heterocycles. The molecule has 0 saturated heterocycles. The normalized spacial score (nSPS) is 17.3. The number of benzene rings is 7. The van der Waals surface area contributed by atoms with Gasteiger partial charge in [0.1, 0.15) is 18.1 Å². The van der Waals surface area contributed by atoms with Gasteiger partial charge in [0.05, 0.1) is 29.2 Å². The van der Waals surface area contributed by atoms with E-state index in [9.17, 15) is 0 Å². The molecule has 14 rings (SSSR count). The predicted octanol–water partition coefficient (Wildman–Crippen LogP) is 33.2. The zero-order chi connectivity index (χ0) is 94.2. The third kappa shape index (κ3) is 32.1. The van der Waals surface area contributed by atoms with Crippen molar-refractivity contribution in [2.75, 3.05) is 53.3 Å². The van der Waals surface area contributed by atoms with Crippen LogP contribution in [0.1, 0.15) is 364 Å². The van der Waals surface area contributed by atoms with Crippen molar-refractivity contribution in [3.8, 4) is 11.5 Å². The van der Waals surface area contributed by atoms with Gasteiger partial charge in [-0.05, 0) is 347 Å². The van der Waals surface area contributed by atoms with Crippen molar-refractivity contribution in [3.63, 3.8) is 0 Å². The van der Waals surface area contributed by atoms with Crippen LogP contribution in [-0.4, -0.2) is 100 Å². The molecule has 0 atom stereocenters. The summed E-state index contributed by atoms with van der Waals surface area (Å²) in [5.74, 6) is 3.20. The number of fused-ring (bicyclic) bond motifs is 7. The van der Waals surface area contributed by atoms with Crippen molar-refractivity contribution in [2.24, 2.45) is 0 Å². The highest BCUT2D eigenvalue weighted by Crippen LogP contribution is 2.46. The Morgan fingerprint density at radius 1 is 0.244 bits per heavy atom. The summed E-state index contributed by atoms with van der Waals surface area (Å²) < 4.78 is 11.6. The van der Waals surface area contributed by atoms with Gasteiger partial charge in [-0.1, -0.05) is 213 Å². The van der Waals surface area contributed by atoms with E-state index < -0.39 is 0 Å². The van der Waals surface area contributed by atoms with Gasteiger partial charge in [-0.2, -0.15) is 0 Å². The fraction of sp³-hybridized carbons (Fsp3) is 0.628. The lowest BCUT2D eigenvalue weighted by molar-refractivity contribution is 0.205. The smallest absolute Gasteiger partial charge is 0.142 e. The third-order valence-electron chi connectivity index (χ3n) is 23.3. The molecule has 7 aliphatic rings. The molecule has 7 aromatic carbocycles. The lowest BCUT2D eigenvalue weighted by Crippen LogP contribution is -2.54. The average Bonchev–Trinajstić information content (AvgIpc) is 1.76. The Balaban J connectivity index is 0.000000700. The number of anilines is 7. The van der Waals surface area contributed by atoms with Gasteiger partial charge in [-0.25, -0.2) is 0 Å². The first-order valence-electron chi connectivity index (χ1n) is 49.2. The lowest BCUT2D eigenvalue weighted by Gasteiger charge is -2.47. The van der Waals surface area contributed by atoms with E-state index in [0.717, 1.165) is 31.1 Å². The van der Waals surface area contributed by atoms with Gasteiger partial charge in [0.2, 0.25) is 0 Å². The van der Waals surface area contributed by atoms with E-state index >= 15 is 0 Å². The number of rotatable bonds is 7. The van der Waals surface area contributed by atoms with E-state index in [0.29, 0.717) is 47.8 Å². The Bertz CT molecular complexity index is 3720. The molecule has 0 aliphatic carbocycles. The SMILES string of the molecule is CC.CC.CC.CC.CC.CC.CC.CC(C)N1c2ccccc2CC1(C)C.CC(C)N1c2ccccc2CCC1(C)C.CC(C)N1c2ccccc2CCCC1(C)C.CC(C)N1c2ccccc2CCCCC1(C)C.CC(C)N1c2ccccc2OCC1(C)C.CC(C)N1c2ccccc2OCCCC1(C)C.CC(C)N1c2ccccc2SCC1(C)C. The Morgan fingerprint density at radius 2 is 0.512 bits per heavy atom. The lowest BCUT2D eigenvalue weighted by atomic mass is 9.86. The predicted molar refractivity (Wildman–Crippen MR) is 560 cm³/mol. The summed E-state index contributed by atoms with van der Waals surface area (Å²) in [7, 11) is 0. The van der Waals surface area contributed by atoms with Crippen LogP contribution >= 0.6 is 11.8 Å². The first kappa shape index (κ1) is 114. The molecule has 0 radical (unpaired) electrons. The molecule has 0 unspecified atom stereocenters. The zero-order valence-corrected chi connectivity index (χ0v) is 88.5. The van der Waals surface area contributed by atoms with E-state index in [2.05, 4.69) is 380 Å². The Hall–Kier alpha value is -6.91. The Kier molecular flexibility index (Phi) is 51.0. The largest absolute Gasteiger partial charge is 0.491 e. The number of hydrogen-bond acceptors (Lipinski definition) is 10. The molecule has 7 aromatic rings. The molecule has 9 nitrogen and oxygen atoms in total. The van der Waals surface area contributed by atoms with Gasteiger partial charge in [-0.3, -0.25) is 0 Å². The minimum atomic E-state index is 0.0719. The summed E-state index contributed by atoms with van der Waals surface area (Å²) in [6, 6.07) is 64.6. The second kappa shape index (κ2) is 55.0. The summed E-state index contributed by atoms with van der Waals surface area (Å²) in [4.78, 5) is 19.2. The summed E-state index contributed by atoms with van der Waals surface area (Å²) in [5, 5.41) is 0. The topological polar surface area (TPSA) is 41.1 Å². The van der Waals surface area contributed by atoms with Crippen LogP contribution in [0.4, 0.5) is 39.8 Å². The number of para-hydroxylation sites is 9. The fourth-order valence-electron chi connectivity index (χ4n) is 19.6. The molecule has 7 aliphatic heterocycles. The second-order valence-corrected chi connectivity index (χ2v) is 39.1. The van der Waals surface area contributed by atoms with Gasteiger partial charge in [0, 0.05) is 109 Å². The highest BCUT2D eigenvalue weighted by molar-refractivity contribution is 7.99. The van der Waals surface area contributed by atoms with Crippen LogP contribution in [-0.2, 0) is 25.7 Å². The maximum Gasteiger partial charge on any atom is 0.142 e. The quantitative estimate of drug-likeness (QED) is 0.154. The summed E-state index contributed by atoms with van der Waals surface area (Å²) in [6.07, 6.45) is 14.9. The number of nitrogens with zero attached hydrogens (tertiary/aromatic N) is 7. The third-order valence-corrected chi connectivity index (χ3v) is 24.8. The van der Waals surface area contributed by atoms with Crippen LogP contribution in [0.2, 0.25) is 0 Å². The molecule has 696 valence electrons. The number of hydrogen-bond donors (Lipinski definition) is 0. The van der Waals surface area contributed by atoms with Crippen molar-refractivity contribution in [1.82, 2.24) is 0 Å². The van der Waals surface area contributed by atoms with Crippen molar-refractivity contribution in [3.05, 3.63) is 192 Å². The van der Waals surface area contributed by atoms with Gasteiger partial charge in [0.15, 0.2) is 0 Å². The van der Waals surface area contributed by atoms with Crippen molar-refractivity contribution >= 4 is 51.6 Å². The fourth-order valence-corrected chi connectivity index (χ4v) is 20.8. The minimum Gasteiger partial charge on any atom is -0.491 e. The minimum absolute atomic E-state index is 0.0719. The first-order valence-corrected chi connectivity index (χ1v) is 50.2. The molecule has 10 heteroatoms. The monoisotopic (exact) mass is 1710 g/mol. The van der Waals surface area contributed by atoms with E-state index in [1.54, 1.807) is 0 Å². The van der Waals surface area contributed by atoms with Crippen LogP contribution in [0.5, 0.6) is 11.5 Å². The molecule has 0 fully saturated rings. The summed E-state index contributed by atoms with van der Waals surface area (Å²) in [6.45, 7) is 94.0. The van der Waals surface area contributed by atoms with E-state index in [-0.39, 0.29) is 33.2 Å². The number of aryl methyl sites for hydroxylation is 3. The molecule has 123 heavy (non-hydrogen) atoms. The Morgan fingerprint density at radius 3 is 0.911 bits per heavy atom. The molecule has 0 amide bonds. The Labute approximate surface area is 766 Å². The van der Waals surface area contributed by atoms with Crippen molar-refractivity contribution < 1.29 is 9.47 Å². The maximum absolute atomic E-state index is 5.86. The van der Waals surface area contributed by atoms with Crippen molar-refractivity contribution in [2.45, 2.75) is 454 Å². The van der Waals surface area contributed by atoms with E-state index in [4.69, 9.17) is 9.47 Å². The zero-order valence-electron chi connectivity index (χ0n) is 87.7. The van der Waals surface area contributed by atoms with Gasteiger partial charge >= 0.3 is 0 Å². The molecule has 0 saturated carbocycles. The van der Waals surface area contributed by atoms with Gasteiger partial charge in [0.25, 0.3) is 0 Å². The van der Waals surface area contributed by atoms with Crippen LogP contribution in [0.3, 0.4) is 0 Å². The maximum atomic E-state index is 5.86. The first-order chi connectivity index (χ1) is 58.2. The van der Waals surface area contributed by atoms with Crippen LogP contribution in [0.15, 0.2) is 175 Å². The van der Waals surface area contributed by atoms with Crippen LogP contribution in [0, 0.1) is 0 Å². The number of ether oxygens (including phenoxy) is 2. The molecular weight excluding hydrogens is 1520 g/mol. The molecule has 0 bridgehead atoms. The molecule has 0 spiro atoms. The van der Waals surface area contributed by atoms with Crippen LogP contribution in [0.25, 0.3) is 0 Å². The highest BCUT2D eigenvalue weighted by Gasteiger charge is 2.41. The number of thioether (sulfide) groups is 1. The second-order valence-electron chi connectivity index (χ2n) is 38.1. The molecular formula is C113H191N7O2S. The van der Waals surface area contributed by atoms with Crippen molar-refractivity contribution in [1.29, 1.82) is 0 Å². The van der Waals surface area contributed by atoms with E-state index in [1.807, 2.05) is 127 Å². The van der Waals surface area contributed by atoms with Crippen LogP contribution < -0.4 is 43.8 Å².